The lowest BCUT2D eigenvalue weighted by Gasteiger charge is -2.04. The van der Waals surface area contributed by atoms with Crippen molar-refractivity contribution in [1.82, 2.24) is 9.38 Å². The van der Waals surface area contributed by atoms with Gasteiger partial charge >= 0.3 is 0 Å². The monoisotopic (exact) mass is 258 g/mol. The molecule has 0 aromatic carbocycles. The van der Waals surface area contributed by atoms with E-state index in [-0.39, 0.29) is 5.82 Å². The molecule has 2 aromatic heterocycles. The first-order valence-electron chi connectivity index (χ1n) is 4.09. The van der Waals surface area contributed by atoms with Gasteiger partial charge < -0.3 is 5.11 Å². The average molecular weight is 259 g/mol. The second-order valence-electron chi connectivity index (χ2n) is 3.06. The standard InChI is InChI=1S/C9H8BrFN2O/c1-5(14)8-3-12-9-7(10)2-6(11)4-13(8)9/h2-5,14H,1H3. The van der Waals surface area contributed by atoms with E-state index >= 15 is 0 Å². The van der Waals surface area contributed by atoms with Crippen LogP contribution in [0.3, 0.4) is 0 Å². The fourth-order valence-corrected chi connectivity index (χ4v) is 1.85. The summed E-state index contributed by atoms with van der Waals surface area (Å²) < 4.78 is 15.2. The van der Waals surface area contributed by atoms with Gasteiger partial charge in [-0.2, -0.15) is 0 Å². The minimum Gasteiger partial charge on any atom is -0.387 e. The highest BCUT2D eigenvalue weighted by Gasteiger charge is 2.11. The van der Waals surface area contributed by atoms with Crippen molar-refractivity contribution in [2.45, 2.75) is 13.0 Å². The zero-order chi connectivity index (χ0) is 10.3. The van der Waals surface area contributed by atoms with Gasteiger partial charge in [-0.3, -0.25) is 4.40 Å². The molecule has 1 N–H and O–H groups in total. The van der Waals surface area contributed by atoms with Gasteiger partial charge in [-0.25, -0.2) is 9.37 Å². The largest absolute Gasteiger partial charge is 0.387 e. The molecule has 0 saturated carbocycles. The number of hydrogen-bond donors (Lipinski definition) is 1. The van der Waals surface area contributed by atoms with Gasteiger partial charge in [-0.15, -0.1) is 0 Å². The van der Waals surface area contributed by atoms with Gasteiger partial charge in [0.25, 0.3) is 0 Å². The van der Waals surface area contributed by atoms with Crippen molar-refractivity contribution >= 4 is 21.6 Å². The molecule has 2 aromatic rings. The zero-order valence-corrected chi connectivity index (χ0v) is 8.99. The van der Waals surface area contributed by atoms with Crippen LogP contribution in [-0.2, 0) is 0 Å². The molecule has 3 nitrogen and oxygen atoms in total. The van der Waals surface area contributed by atoms with Crippen molar-refractivity contribution < 1.29 is 9.50 Å². The number of nitrogens with zero attached hydrogens (tertiary/aromatic N) is 2. The maximum absolute atomic E-state index is 13.1. The summed E-state index contributed by atoms with van der Waals surface area (Å²) in [7, 11) is 0. The number of hydrogen-bond acceptors (Lipinski definition) is 2. The highest BCUT2D eigenvalue weighted by atomic mass is 79.9. The number of aliphatic hydroxyl groups excluding tert-OH is 1. The molecule has 14 heavy (non-hydrogen) atoms. The first kappa shape index (κ1) is 9.61. The minimum absolute atomic E-state index is 0.371. The van der Waals surface area contributed by atoms with E-state index in [0.29, 0.717) is 15.8 Å². The summed E-state index contributed by atoms with van der Waals surface area (Å²) in [6.45, 7) is 1.61. The Bertz CT molecular complexity index is 481. The summed E-state index contributed by atoms with van der Waals surface area (Å²) in [6.07, 6.45) is 2.16. The molecule has 74 valence electrons. The van der Waals surface area contributed by atoms with Gasteiger partial charge in [0.05, 0.1) is 22.5 Å². The normalized spacial score (nSPS) is 13.4. The van der Waals surface area contributed by atoms with E-state index in [1.54, 1.807) is 6.92 Å². The Hall–Kier alpha value is -0.940. The molecule has 0 saturated heterocycles. The van der Waals surface area contributed by atoms with Crippen LogP contribution in [0.1, 0.15) is 18.7 Å². The lowest BCUT2D eigenvalue weighted by molar-refractivity contribution is 0.193. The molecule has 1 unspecified atom stereocenters. The van der Waals surface area contributed by atoms with Crippen LogP contribution >= 0.6 is 15.9 Å². The SMILES string of the molecule is CC(O)c1cnc2c(Br)cc(F)cn12. The van der Waals surface area contributed by atoms with E-state index in [1.165, 1.54) is 22.9 Å². The molecule has 2 heterocycles. The van der Waals surface area contributed by atoms with E-state index in [2.05, 4.69) is 20.9 Å². The highest BCUT2D eigenvalue weighted by molar-refractivity contribution is 9.10. The zero-order valence-electron chi connectivity index (χ0n) is 7.41. The summed E-state index contributed by atoms with van der Waals surface area (Å²) in [5.41, 5.74) is 1.17. The van der Waals surface area contributed by atoms with Gasteiger partial charge in [0, 0.05) is 6.20 Å². The van der Waals surface area contributed by atoms with Gasteiger partial charge in [0.2, 0.25) is 0 Å². The summed E-state index contributed by atoms with van der Waals surface area (Å²) >= 11 is 3.21. The minimum atomic E-state index is -0.668. The molecule has 0 aliphatic heterocycles. The molecular weight excluding hydrogens is 251 g/mol. The van der Waals surface area contributed by atoms with Crippen LogP contribution in [0.15, 0.2) is 22.9 Å². The maximum atomic E-state index is 13.1. The van der Waals surface area contributed by atoms with Crippen LogP contribution in [0, 0.1) is 5.82 Å². The van der Waals surface area contributed by atoms with Crippen LogP contribution in [0.5, 0.6) is 0 Å². The molecule has 0 amide bonds. The number of halogens is 2. The lowest BCUT2D eigenvalue weighted by atomic mass is 10.3. The molecular formula is C9H8BrFN2O. The molecule has 0 aliphatic carbocycles. The van der Waals surface area contributed by atoms with Crippen LogP contribution in [-0.4, -0.2) is 14.5 Å². The van der Waals surface area contributed by atoms with Crippen LogP contribution in [0.2, 0.25) is 0 Å². The molecule has 0 bridgehead atoms. The molecule has 0 fully saturated rings. The smallest absolute Gasteiger partial charge is 0.151 e. The Labute approximate surface area is 88.3 Å². The number of aromatic nitrogens is 2. The third-order valence-corrected chi connectivity index (χ3v) is 2.57. The van der Waals surface area contributed by atoms with Crippen LogP contribution in [0.4, 0.5) is 4.39 Å². The highest BCUT2D eigenvalue weighted by Crippen LogP contribution is 2.22. The Morgan fingerprint density at radius 1 is 1.64 bits per heavy atom. The van der Waals surface area contributed by atoms with Crippen LogP contribution < -0.4 is 0 Å². The van der Waals surface area contributed by atoms with Crippen LogP contribution in [0.25, 0.3) is 5.65 Å². The number of fused-ring (bicyclic) bond motifs is 1. The van der Waals surface area contributed by atoms with Crippen molar-refractivity contribution in [2.24, 2.45) is 0 Å². The first-order chi connectivity index (χ1) is 6.59. The van der Waals surface area contributed by atoms with E-state index < -0.39 is 6.10 Å². The lowest BCUT2D eigenvalue weighted by Crippen LogP contribution is -1.98. The summed E-state index contributed by atoms with van der Waals surface area (Å²) in [5.74, 6) is -0.371. The molecule has 0 spiro atoms. The Balaban J connectivity index is 2.78. The number of aliphatic hydroxyl groups is 1. The number of imidazole rings is 1. The quantitative estimate of drug-likeness (QED) is 0.853. The summed E-state index contributed by atoms with van der Waals surface area (Å²) in [5, 5.41) is 9.39. The topological polar surface area (TPSA) is 37.5 Å². The van der Waals surface area contributed by atoms with Gasteiger partial charge in [-0.1, -0.05) is 0 Å². The third-order valence-electron chi connectivity index (χ3n) is 1.98. The third kappa shape index (κ3) is 1.42. The first-order valence-corrected chi connectivity index (χ1v) is 4.89. The van der Waals surface area contributed by atoms with E-state index in [1.807, 2.05) is 0 Å². The van der Waals surface area contributed by atoms with Crippen molar-refractivity contribution in [3.05, 3.63) is 34.4 Å². The predicted octanol–water partition coefficient (Wildman–Crippen LogP) is 2.29. The van der Waals surface area contributed by atoms with Crippen molar-refractivity contribution in [1.29, 1.82) is 0 Å². The summed E-state index contributed by atoms with van der Waals surface area (Å²) in [4.78, 5) is 4.07. The van der Waals surface area contributed by atoms with Crippen molar-refractivity contribution in [3.8, 4) is 0 Å². The van der Waals surface area contributed by atoms with Gasteiger partial charge in [0.15, 0.2) is 5.65 Å². The Kier molecular flexibility index (Phi) is 2.28. The Morgan fingerprint density at radius 2 is 2.36 bits per heavy atom. The van der Waals surface area contributed by atoms with Gasteiger partial charge in [0.1, 0.15) is 5.82 Å². The fourth-order valence-electron chi connectivity index (χ4n) is 1.34. The predicted molar refractivity (Wildman–Crippen MR) is 53.5 cm³/mol. The van der Waals surface area contributed by atoms with E-state index in [0.717, 1.165) is 0 Å². The van der Waals surface area contributed by atoms with Gasteiger partial charge in [-0.05, 0) is 28.9 Å². The Morgan fingerprint density at radius 3 is 3.00 bits per heavy atom. The molecule has 0 radical (unpaired) electrons. The summed E-state index contributed by atoms with van der Waals surface area (Å²) in [6, 6.07) is 1.34. The average Bonchev–Trinajstić information content (AvgIpc) is 2.47. The molecule has 5 heteroatoms. The molecule has 0 aliphatic rings. The molecule has 2 rings (SSSR count). The van der Waals surface area contributed by atoms with E-state index in [9.17, 15) is 9.50 Å². The van der Waals surface area contributed by atoms with E-state index in [4.69, 9.17) is 0 Å². The number of pyridine rings is 1. The van der Waals surface area contributed by atoms with Crippen molar-refractivity contribution in [2.75, 3.05) is 0 Å². The maximum Gasteiger partial charge on any atom is 0.151 e. The molecule has 1 atom stereocenters. The second-order valence-corrected chi connectivity index (χ2v) is 3.91. The number of rotatable bonds is 1. The fraction of sp³-hybridized carbons (Fsp3) is 0.222. The van der Waals surface area contributed by atoms with Crippen molar-refractivity contribution in [3.63, 3.8) is 0 Å². The second kappa shape index (κ2) is 3.33.